The lowest BCUT2D eigenvalue weighted by Crippen LogP contribution is -2.30. The van der Waals surface area contributed by atoms with E-state index in [-0.39, 0.29) is 11.3 Å². The molecule has 0 spiro atoms. The van der Waals surface area contributed by atoms with Crippen LogP contribution in [0, 0.1) is 5.41 Å². The number of carbonyl (C=O) groups excluding carboxylic acids is 1. The topological polar surface area (TPSA) is 46.1 Å². The van der Waals surface area contributed by atoms with Gasteiger partial charge in [-0.25, -0.2) is 0 Å². The molecular formula is C13H18ClN3O. The van der Waals surface area contributed by atoms with Gasteiger partial charge in [-0.05, 0) is 30.4 Å². The molecule has 1 saturated heterocycles. The van der Waals surface area contributed by atoms with E-state index in [4.69, 9.17) is 11.6 Å². The van der Waals surface area contributed by atoms with E-state index in [2.05, 4.69) is 24.0 Å². The van der Waals surface area contributed by atoms with Crippen LogP contribution >= 0.6 is 11.6 Å². The highest BCUT2D eigenvalue weighted by Gasteiger charge is 2.27. The molecule has 0 saturated carbocycles. The van der Waals surface area contributed by atoms with Crippen molar-refractivity contribution in [2.24, 2.45) is 5.41 Å². The molecule has 4 nitrogen and oxygen atoms in total. The first-order valence-corrected chi connectivity index (χ1v) is 6.60. The van der Waals surface area contributed by atoms with Crippen LogP contribution < -0.4 is 0 Å². The van der Waals surface area contributed by atoms with Gasteiger partial charge in [-0.3, -0.25) is 4.79 Å². The summed E-state index contributed by atoms with van der Waals surface area (Å²) in [6.45, 7) is 5.74. The molecule has 0 aromatic carbocycles. The Morgan fingerprint density at radius 2 is 2.11 bits per heavy atom. The summed E-state index contributed by atoms with van der Waals surface area (Å²) in [5.74, 6) is 0.206. The molecular weight excluding hydrogens is 250 g/mol. The maximum Gasteiger partial charge on any atom is 0.222 e. The van der Waals surface area contributed by atoms with Crippen molar-refractivity contribution in [3.05, 3.63) is 23.0 Å². The van der Waals surface area contributed by atoms with Crippen molar-refractivity contribution in [1.82, 2.24) is 15.1 Å². The molecule has 0 atom stereocenters. The van der Waals surface area contributed by atoms with E-state index >= 15 is 0 Å². The molecule has 0 unspecified atom stereocenters. The molecule has 2 heterocycles. The number of rotatable bonds is 2. The van der Waals surface area contributed by atoms with E-state index in [9.17, 15) is 4.79 Å². The maximum atomic E-state index is 12.0. The van der Waals surface area contributed by atoms with Gasteiger partial charge in [-0.1, -0.05) is 25.4 Å². The summed E-state index contributed by atoms with van der Waals surface area (Å²) in [5, 5.41) is 8.17. The lowest BCUT2D eigenvalue weighted by Gasteiger charge is -2.23. The normalized spacial score (nSPS) is 19.7. The summed E-state index contributed by atoms with van der Waals surface area (Å²) in [7, 11) is 0. The first-order chi connectivity index (χ1) is 8.46. The van der Waals surface area contributed by atoms with Crippen LogP contribution in [-0.2, 0) is 11.3 Å². The van der Waals surface area contributed by atoms with Crippen LogP contribution in [0.4, 0.5) is 0 Å². The Hall–Kier alpha value is -1.16. The number of halogens is 1. The average molecular weight is 268 g/mol. The van der Waals surface area contributed by atoms with Gasteiger partial charge >= 0.3 is 0 Å². The first kappa shape index (κ1) is 13.3. The Kier molecular flexibility index (Phi) is 3.85. The fourth-order valence-electron chi connectivity index (χ4n) is 2.08. The van der Waals surface area contributed by atoms with Gasteiger partial charge in [0.2, 0.25) is 5.91 Å². The molecule has 1 aromatic heterocycles. The van der Waals surface area contributed by atoms with Crippen molar-refractivity contribution >= 4 is 17.5 Å². The first-order valence-electron chi connectivity index (χ1n) is 6.22. The second kappa shape index (κ2) is 5.22. The molecule has 0 radical (unpaired) electrons. The monoisotopic (exact) mass is 267 g/mol. The largest absolute Gasteiger partial charge is 0.337 e. The van der Waals surface area contributed by atoms with E-state index in [0.717, 1.165) is 25.1 Å². The Balaban J connectivity index is 2.04. The van der Waals surface area contributed by atoms with Gasteiger partial charge in [0, 0.05) is 13.0 Å². The number of nitrogens with zero attached hydrogens (tertiary/aromatic N) is 3. The highest BCUT2D eigenvalue weighted by molar-refractivity contribution is 6.29. The van der Waals surface area contributed by atoms with Gasteiger partial charge in [-0.2, -0.15) is 5.10 Å². The zero-order valence-electron chi connectivity index (χ0n) is 10.8. The Morgan fingerprint density at radius 1 is 1.33 bits per heavy atom. The minimum atomic E-state index is 0.206. The van der Waals surface area contributed by atoms with Crippen LogP contribution in [0.3, 0.4) is 0 Å². The third-order valence-electron chi connectivity index (χ3n) is 3.47. The van der Waals surface area contributed by atoms with Crippen molar-refractivity contribution in [2.75, 3.05) is 6.54 Å². The number of hydrogen-bond acceptors (Lipinski definition) is 3. The fourth-order valence-corrected chi connectivity index (χ4v) is 2.18. The number of aromatic nitrogens is 2. The van der Waals surface area contributed by atoms with Crippen LogP contribution in [0.5, 0.6) is 0 Å². The third-order valence-corrected chi connectivity index (χ3v) is 3.67. The minimum absolute atomic E-state index is 0.206. The second-order valence-electron chi connectivity index (χ2n) is 5.58. The molecule has 0 bridgehead atoms. The number of likely N-dealkylation sites (tertiary alicyclic amines) is 1. The van der Waals surface area contributed by atoms with Crippen LogP contribution in [0.2, 0.25) is 5.15 Å². The summed E-state index contributed by atoms with van der Waals surface area (Å²) in [4.78, 5) is 13.9. The Morgan fingerprint density at radius 3 is 2.78 bits per heavy atom. The minimum Gasteiger partial charge on any atom is -0.337 e. The van der Waals surface area contributed by atoms with E-state index < -0.39 is 0 Å². The summed E-state index contributed by atoms with van der Waals surface area (Å²) < 4.78 is 0. The van der Waals surface area contributed by atoms with Gasteiger partial charge < -0.3 is 4.90 Å². The van der Waals surface area contributed by atoms with Gasteiger partial charge in [0.15, 0.2) is 5.15 Å². The zero-order chi connectivity index (χ0) is 13.2. The summed E-state index contributed by atoms with van der Waals surface area (Å²) in [6.07, 6.45) is 2.60. The molecule has 5 heteroatoms. The fraction of sp³-hybridized carbons (Fsp3) is 0.615. The number of hydrogen-bond donors (Lipinski definition) is 0. The van der Waals surface area contributed by atoms with Crippen molar-refractivity contribution < 1.29 is 4.79 Å². The molecule has 98 valence electrons. The predicted molar refractivity (Wildman–Crippen MR) is 70.1 cm³/mol. The van der Waals surface area contributed by atoms with Crippen LogP contribution in [0.25, 0.3) is 0 Å². The predicted octanol–water partition coefficient (Wildman–Crippen LogP) is 2.67. The molecule has 0 aliphatic carbocycles. The zero-order valence-corrected chi connectivity index (χ0v) is 11.6. The average Bonchev–Trinajstić information content (AvgIpc) is 2.45. The quantitative estimate of drug-likeness (QED) is 0.828. The number of amides is 1. The lowest BCUT2D eigenvalue weighted by atomic mass is 9.85. The smallest absolute Gasteiger partial charge is 0.222 e. The van der Waals surface area contributed by atoms with Crippen molar-refractivity contribution in [3.63, 3.8) is 0 Å². The van der Waals surface area contributed by atoms with E-state index in [1.807, 2.05) is 11.0 Å². The highest BCUT2D eigenvalue weighted by atomic mass is 35.5. The highest BCUT2D eigenvalue weighted by Crippen LogP contribution is 2.30. The van der Waals surface area contributed by atoms with Crippen LogP contribution in [0.1, 0.15) is 38.8 Å². The van der Waals surface area contributed by atoms with Gasteiger partial charge in [0.05, 0.1) is 12.2 Å². The molecule has 18 heavy (non-hydrogen) atoms. The van der Waals surface area contributed by atoms with Crippen molar-refractivity contribution in [3.8, 4) is 0 Å². The van der Waals surface area contributed by atoms with Crippen molar-refractivity contribution in [1.29, 1.82) is 0 Å². The molecule has 0 N–H and O–H groups in total. The second-order valence-corrected chi connectivity index (χ2v) is 5.96. The third kappa shape index (κ3) is 3.42. The molecule has 1 aliphatic heterocycles. The van der Waals surface area contributed by atoms with E-state index in [0.29, 0.717) is 18.1 Å². The van der Waals surface area contributed by atoms with Crippen molar-refractivity contribution in [2.45, 2.75) is 39.7 Å². The molecule has 1 aromatic rings. The summed E-state index contributed by atoms with van der Waals surface area (Å²) >= 11 is 5.69. The SMILES string of the molecule is CC1(C)CCC(=O)N(Cc2ccc(Cl)nn2)CC1. The van der Waals surface area contributed by atoms with Crippen LogP contribution in [0.15, 0.2) is 12.1 Å². The summed E-state index contributed by atoms with van der Waals surface area (Å²) in [5.41, 5.74) is 1.03. The summed E-state index contributed by atoms with van der Waals surface area (Å²) in [6, 6.07) is 3.52. The standard InChI is InChI=1S/C13H18ClN3O/c1-13(2)6-5-12(18)17(8-7-13)9-10-3-4-11(14)16-15-10/h3-4H,5-9H2,1-2H3. The van der Waals surface area contributed by atoms with Crippen LogP contribution in [-0.4, -0.2) is 27.5 Å². The lowest BCUT2D eigenvalue weighted by molar-refractivity contribution is -0.131. The van der Waals surface area contributed by atoms with Gasteiger partial charge in [0.1, 0.15) is 0 Å². The Bertz CT molecular complexity index is 430. The molecule has 2 rings (SSSR count). The molecule has 1 aliphatic rings. The van der Waals surface area contributed by atoms with Gasteiger partial charge in [0.25, 0.3) is 0 Å². The van der Waals surface area contributed by atoms with E-state index in [1.54, 1.807) is 6.07 Å². The Labute approximate surface area is 112 Å². The molecule has 1 amide bonds. The van der Waals surface area contributed by atoms with E-state index in [1.165, 1.54) is 0 Å². The maximum absolute atomic E-state index is 12.0. The number of carbonyl (C=O) groups is 1. The van der Waals surface area contributed by atoms with Gasteiger partial charge in [-0.15, -0.1) is 5.10 Å². The molecule has 1 fully saturated rings.